The van der Waals surface area contributed by atoms with Crippen LogP contribution in [0.3, 0.4) is 0 Å². The summed E-state index contributed by atoms with van der Waals surface area (Å²) in [5.74, 6) is 0.344. The van der Waals surface area contributed by atoms with Gasteiger partial charge in [0, 0.05) is 49.3 Å². The molecule has 1 unspecified atom stereocenters. The lowest BCUT2D eigenvalue weighted by Gasteiger charge is -2.12. The summed E-state index contributed by atoms with van der Waals surface area (Å²) < 4.78 is 2.01. The van der Waals surface area contributed by atoms with Gasteiger partial charge in [0.25, 0.3) is 0 Å². The Kier molecular flexibility index (Phi) is 4.04. The summed E-state index contributed by atoms with van der Waals surface area (Å²) in [6, 6.07) is 8.53. The van der Waals surface area contributed by atoms with Gasteiger partial charge in [-0.25, -0.2) is 4.98 Å². The van der Waals surface area contributed by atoms with Gasteiger partial charge >= 0.3 is 0 Å². The number of rotatable bonds is 3. The van der Waals surface area contributed by atoms with E-state index in [-0.39, 0.29) is 11.8 Å². The van der Waals surface area contributed by atoms with Crippen molar-refractivity contribution in [2.75, 3.05) is 6.54 Å². The molecule has 5 nitrogen and oxygen atoms in total. The molecular weight excluding hydrogens is 326 g/mol. The van der Waals surface area contributed by atoms with E-state index in [1.165, 1.54) is 11.1 Å². The Morgan fingerprint density at radius 3 is 2.81 bits per heavy atom. The van der Waals surface area contributed by atoms with Gasteiger partial charge in [0.1, 0.15) is 5.65 Å². The first-order valence-corrected chi connectivity index (χ1v) is 8.94. The summed E-state index contributed by atoms with van der Waals surface area (Å²) in [6.07, 6.45) is 3.81. The number of hydrogen-bond donors (Lipinski definition) is 2. The molecule has 1 aromatic carbocycles. The van der Waals surface area contributed by atoms with Crippen molar-refractivity contribution in [1.82, 2.24) is 14.9 Å². The fourth-order valence-corrected chi connectivity index (χ4v) is 3.78. The summed E-state index contributed by atoms with van der Waals surface area (Å²) in [7, 11) is 1.98. The van der Waals surface area contributed by atoms with Crippen LogP contribution in [-0.4, -0.2) is 27.1 Å². The fraction of sp³-hybridized carbons (Fsp3) is 0.333. The minimum absolute atomic E-state index is 0.119. The van der Waals surface area contributed by atoms with Gasteiger partial charge in [-0.15, -0.1) is 0 Å². The topological polar surface area (TPSA) is 67.2 Å². The number of carbonyl (C=O) groups excluding carboxylic acids is 1. The van der Waals surface area contributed by atoms with Crippen molar-refractivity contribution in [2.24, 2.45) is 7.05 Å². The second kappa shape index (κ2) is 6.25. The molecular formula is C21H23N3O2. The molecule has 3 aromatic rings. The summed E-state index contributed by atoms with van der Waals surface area (Å²) in [4.78, 5) is 16.1. The molecule has 2 aromatic heterocycles. The SMILES string of the molecule is Cc1cc(-c2cn(C)c3ncc(C(C)O)cc23)cc([C@@H]2CNC(=O)C2)c1. The summed E-state index contributed by atoms with van der Waals surface area (Å²) in [5.41, 5.74) is 6.28. The van der Waals surface area contributed by atoms with Gasteiger partial charge < -0.3 is 15.0 Å². The maximum atomic E-state index is 11.6. The Hall–Kier alpha value is -2.66. The molecule has 2 N–H and O–H groups in total. The third-order valence-corrected chi connectivity index (χ3v) is 5.18. The Morgan fingerprint density at radius 1 is 1.31 bits per heavy atom. The number of aliphatic hydroxyl groups is 1. The van der Waals surface area contributed by atoms with Gasteiger partial charge in [0.15, 0.2) is 0 Å². The zero-order valence-electron chi connectivity index (χ0n) is 15.3. The number of nitrogens with zero attached hydrogens (tertiary/aromatic N) is 2. The largest absolute Gasteiger partial charge is 0.389 e. The zero-order chi connectivity index (χ0) is 18.4. The Bertz CT molecular complexity index is 1000. The Labute approximate surface area is 152 Å². The zero-order valence-corrected chi connectivity index (χ0v) is 15.3. The number of aliphatic hydroxyl groups excluding tert-OH is 1. The molecule has 3 heterocycles. The predicted octanol–water partition coefficient (Wildman–Crippen LogP) is 3.21. The first-order valence-electron chi connectivity index (χ1n) is 8.94. The van der Waals surface area contributed by atoms with E-state index < -0.39 is 6.10 Å². The van der Waals surface area contributed by atoms with Gasteiger partial charge in [-0.05, 0) is 36.6 Å². The summed E-state index contributed by atoms with van der Waals surface area (Å²) >= 11 is 0. The second-order valence-corrected chi connectivity index (χ2v) is 7.31. The fourth-order valence-electron chi connectivity index (χ4n) is 3.78. The smallest absolute Gasteiger partial charge is 0.220 e. The third-order valence-electron chi connectivity index (χ3n) is 5.18. The highest BCUT2D eigenvalue weighted by Gasteiger charge is 2.24. The van der Waals surface area contributed by atoms with Crippen molar-refractivity contribution in [1.29, 1.82) is 0 Å². The van der Waals surface area contributed by atoms with Gasteiger partial charge in [0.2, 0.25) is 5.91 Å². The van der Waals surface area contributed by atoms with Gasteiger partial charge in [-0.2, -0.15) is 0 Å². The highest BCUT2D eigenvalue weighted by molar-refractivity contribution is 5.94. The van der Waals surface area contributed by atoms with Crippen LogP contribution in [-0.2, 0) is 11.8 Å². The molecule has 1 aliphatic heterocycles. The van der Waals surface area contributed by atoms with Crippen LogP contribution >= 0.6 is 0 Å². The molecule has 0 aliphatic carbocycles. The number of benzene rings is 1. The van der Waals surface area contributed by atoms with Crippen LogP contribution in [0.25, 0.3) is 22.2 Å². The maximum absolute atomic E-state index is 11.6. The lowest BCUT2D eigenvalue weighted by atomic mass is 9.92. The van der Waals surface area contributed by atoms with Crippen molar-refractivity contribution < 1.29 is 9.90 Å². The second-order valence-electron chi connectivity index (χ2n) is 7.31. The monoisotopic (exact) mass is 349 g/mol. The van der Waals surface area contributed by atoms with E-state index in [2.05, 4.69) is 41.6 Å². The van der Waals surface area contributed by atoms with E-state index in [1.54, 1.807) is 13.1 Å². The normalized spacial score (nSPS) is 18.3. The molecule has 5 heteroatoms. The highest BCUT2D eigenvalue weighted by atomic mass is 16.3. The van der Waals surface area contributed by atoms with E-state index in [4.69, 9.17) is 0 Å². The minimum Gasteiger partial charge on any atom is -0.389 e. The molecule has 26 heavy (non-hydrogen) atoms. The van der Waals surface area contributed by atoms with E-state index in [9.17, 15) is 9.90 Å². The van der Waals surface area contributed by atoms with Crippen molar-refractivity contribution >= 4 is 16.9 Å². The first-order chi connectivity index (χ1) is 12.4. The number of pyridine rings is 1. The molecule has 1 aliphatic rings. The molecule has 0 bridgehead atoms. The average Bonchev–Trinajstić information content (AvgIpc) is 3.18. The average molecular weight is 349 g/mol. The Morgan fingerprint density at radius 2 is 2.12 bits per heavy atom. The quantitative estimate of drug-likeness (QED) is 0.763. The van der Waals surface area contributed by atoms with Crippen LogP contribution < -0.4 is 5.32 Å². The van der Waals surface area contributed by atoms with Crippen molar-refractivity contribution in [3.8, 4) is 11.1 Å². The molecule has 4 rings (SSSR count). The van der Waals surface area contributed by atoms with Crippen LogP contribution in [0.4, 0.5) is 0 Å². The van der Waals surface area contributed by atoms with Crippen molar-refractivity contribution in [3.63, 3.8) is 0 Å². The van der Waals surface area contributed by atoms with Gasteiger partial charge in [-0.1, -0.05) is 23.8 Å². The van der Waals surface area contributed by atoms with E-state index >= 15 is 0 Å². The third kappa shape index (κ3) is 2.88. The number of carbonyl (C=O) groups is 1. The molecule has 1 fully saturated rings. The van der Waals surface area contributed by atoms with Crippen LogP contribution in [0.2, 0.25) is 0 Å². The minimum atomic E-state index is -0.552. The van der Waals surface area contributed by atoms with Crippen LogP contribution in [0.5, 0.6) is 0 Å². The van der Waals surface area contributed by atoms with Gasteiger partial charge in [-0.3, -0.25) is 4.79 Å². The summed E-state index contributed by atoms with van der Waals surface area (Å²) in [5, 5.41) is 13.9. The molecule has 0 spiro atoms. The van der Waals surface area contributed by atoms with Gasteiger partial charge in [0.05, 0.1) is 6.10 Å². The van der Waals surface area contributed by atoms with Crippen LogP contribution in [0, 0.1) is 6.92 Å². The number of amides is 1. The first kappa shape index (κ1) is 16.8. The predicted molar refractivity (Wildman–Crippen MR) is 102 cm³/mol. The lowest BCUT2D eigenvalue weighted by molar-refractivity contribution is -0.119. The summed E-state index contributed by atoms with van der Waals surface area (Å²) in [6.45, 7) is 4.53. The molecule has 2 atom stereocenters. The highest BCUT2D eigenvalue weighted by Crippen LogP contribution is 2.34. The molecule has 134 valence electrons. The van der Waals surface area contributed by atoms with E-state index in [0.717, 1.165) is 27.7 Å². The number of hydrogen-bond acceptors (Lipinski definition) is 3. The van der Waals surface area contributed by atoms with E-state index in [0.29, 0.717) is 13.0 Å². The molecule has 0 radical (unpaired) electrons. The maximum Gasteiger partial charge on any atom is 0.220 e. The number of nitrogens with one attached hydrogen (secondary N) is 1. The Balaban J connectivity index is 1.86. The van der Waals surface area contributed by atoms with E-state index in [1.807, 2.05) is 17.7 Å². The van der Waals surface area contributed by atoms with Crippen molar-refractivity contribution in [3.05, 3.63) is 53.3 Å². The molecule has 1 saturated heterocycles. The number of fused-ring (bicyclic) bond motifs is 1. The molecule has 1 amide bonds. The number of aromatic nitrogens is 2. The van der Waals surface area contributed by atoms with Crippen molar-refractivity contribution in [2.45, 2.75) is 32.3 Å². The van der Waals surface area contributed by atoms with Crippen LogP contribution in [0.15, 0.2) is 36.7 Å². The molecule has 0 saturated carbocycles. The van der Waals surface area contributed by atoms with Crippen LogP contribution in [0.1, 0.15) is 42.1 Å². The standard InChI is InChI=1S/C21H23N3O2/c1-12-4-14(17-8-20(26)22-10-17)6-15(5-12)19-11-24(3)21-18(19)7-16(9-23-21)13(2)25/h4-7,9,11,13,17,25H,8,10H2,1-3H3,(H,22,26)/t13?,17-/m0/s1. The lowest BCUT2D eigenvalue weighted by Crippen LogP contribution is -2.13. The number of aryl methyl sites for hydroxylation is 2.